The fourth-order valence-corrected chi connectivity index (χ4v) is 44.5. The first-order valence-electron chi connectivity index (χ1n) is 5.24. The Hall–Kier alpha value is 1.16. The average molecular weight is 411 g/mol. The Morgan fingerprint density at radius 1 is 0.588 bits per heavy atom. The summed E-state index contributed by atoms with van der Waals surface area (Å²) >= 11 is -2.31. The van der Waals surface area contributed by atoms with Crippen LogP contribution in [-0.4, -0.2) is 35.9 Å². The number of rotatable bonds is 12. The first-order valence-corrected chi connectivity index (χ1v) is 23.2. The van der Waals surface area contributed by atoms with Crippen LogP contribution in [0.3, 0.4) is 0 Å². The van der Waals surface area contributed by atoms with E-state index in [1.54, 1.807) is 0 Å². The van der Waals surface area contributed by atoms with Gasteiger partial charge in [0, 0.05) is 0 Å². The maximum atomic E-state index is 3.83. The van der Waals surface area contributed by atoms with Gasteiger partial charge in [-0.1, -0.05) is 0 Å². The molecule has 0 aromatic heterocycles. The molecular weight excluding hydrogens is 391 g/mol. The molecule has 0 aromatic carbocycles. The van der Waals surface area contributed by atoms with Crippen molar-refractivity contribution in [2.75, 3.05) is 23.0 Å². The van der Waals surface area contributed by atoms with Crippen LogP contribution in [0.2, 0.25) is 0 Å². The molecule has 0 bridgehead atoms. The van der Waals surface area contributed by atoms with Crippen molar-refractivity contribution >= 4 is 48.6 Å². The Morgan fingerprint density at radius 2 is 0.824 bits per heavy atom. The van der Waals surface area contributed by atoms with Gasteiger partial charge in [-0.3, -0.25) is 0 Å². The molecular formula is C12H20S4Sn. The first-order chi connectivity index (χ1) is 8.24. The summed E-state index contributed by atoms with van der Waals surface area (Å²) in [5, 5.41) is 0. The van der Waals surface area contributed by atoms with Gasteiger partial charge in [0.2, 0.25) is 0 Å². The fraction of sp³-hybridized carbons (Fsp3) is 0.333. The van der Waals surface area contributed by atoms with E-state index in [1.807, 2.05) is 24.3 Å². The van der Waals surface area contributed by atoms with Crippen molar-refractivity contribution in [3.63, 3.8) is 0 Å². The number of hydrogen-bond donors (Lipinski definition) is 0. The fourth-order valence-electron chi connectivity index (χ4n) is 0.894. The number of hydrogen-bond acceptors (Lipinski definition) is 4. The summed E-state index contributed by atoms with van der Waals surface area (Å²) in [6.45, 7) is 15.3. The zero-order valence-corrected chi connectivity index (χ0v) is 16.2. The van der Waals surface area contributed by atoms with E-state index in [9.17, 15) is 0 Å². The Kier molecular flexibility index (Phi) is 13.0. The minimum atomic E-state index is -2.31. The van der Waals surface area contributed by atoms with Crippen molar-refractivity contribution in [1.82, 2.24) is 0 Å². The van der Waals surface area contributed by atoms with Gasteiger partial charge in [0.1, 0.15) is 0 Å². The van der Waals surface area contributed by atoms with E-state index in [2.05, 4.69) is 62.1 Å². The third-order valence-electron chi connectivity index (χ3n) is 1.51. The van der Waals surface area contributed by atoms with Crippen LogP contribution in [0.15, 0.2) is 50.6 Å². The summed E-state index contributed by atoms with van der Waals surface area (Å²) in [6, 6.07) is 0. The van der Waals surface area contributed by atoms with Gasteiger partial charge in [-0.2, -0.15) is 0 Å². The quantitative estimate of drug-likeness (QED) is 0.324. The molecule has 0 fully saturated rings. The molecule has 0 nitrogen and oxygen atoms in total. The molecule has 5 heteroatoms. The van der Waals surface area contributed by atoms with Crippen LogP contribution in [0.25, 0.3) is 0 Å². The third kappa shape index (κ3) is 8.81. The minimum absolute atomic E-state index is 1.05. The van der Waals surface area contributed by atoms with E-state index in [0.29, 0.717) is 0 Å². The molecule has 96 valence electrons. The summed E-state index contributed by atoms with van der Waals surface area (Å²) in [4.78, 5) is 0. The van der Waals surface area contributed by atoms with Gasteiger partial charge >= 0.3 is 122 Å². The van der Waals surface area contributed by atoms with Crippen LogP contribution in [0, 0.1) is 0 Å². The van der Waals surface area contributed by atoms with Crippen LogP contribution < -0.4 is 0 Å². The molecule has 0 N–H and O–H groups in total. The zero-order chi connectivity index (χ0) is 13.0. The molecule has 0 aliphatic rings. The third-order valence-corrected chi connectivity index (χ3v) is 50.8. The van der Waals surface area contributed by atoms with Gasteiger partial charge in [0.25, 0.3) is 0 Å². The Balaban J connectivity index is 4.59. The van der Waals surface area contributed by atoms with Crippen molar-refractivity contribution in [3.05, 3.63) is 50.6 Å². The van der Waals surface area contributed by atoms with Gasteiger partial charge in [-0.05, 0) is 0 Å². The van der Waals surface area contributed by atoms with Crippen LogP contribution in [0.5, 0.6) is 0 Å². The SMILES string of the molecule is C=CC[S][Sn]([S]CC=C)([S]CC=C)[S]CC=C. The summed E-state index contributed by atoms with van der Waals surface area (Å²) < 4.78 is 0. The molecule has 0 aromatic rings. The predicted octanol–water partition coefficient (Wildman–Crippen LogP) is 5.10. The van der Waals surface area contributed by atoms with E-state index in [0.717, 1.165) is 23.0 Å². The summed E-state index contributed by atoms with van der Waals surface area (Å²) in [5.41, 5.74) is 0. The molecule has 17 heavy (non-hydrogen) atoms. The molecule has 0 aliphatic carbocycles. The molecule has 0 saturated carbocycles. The van der Waals surface area contributed by atoms with E-state index in [1.165, 1.54) is 0 Å². The van der Waals surface area contributed by atoms with Gasteiger partial charge in [-0.15, -0.1) is 0 Å². The molecule has 0 radical (unpaired) electrons. The molecule has 0 heterocycles. The van der Waals surface area contributed by atoms with E-state index < -0.39 is 12.8 Å². The zero-order valence-electron chi connectivity index (χ0n) is 10.1. The second kappa shape index (κ2) is 12.2. The molecule has 0 aliphatic heterocycles. The molecule has 0 rings (SSSR count). The normalized spacial score (nSPS) is 10.8. The molecule has 0 saturated heterocycles. The molecule has 0 spiro atoms. The van der Waals surface area contributed by atoms with E-state index in [4.69, 9.17) is 0 Å². The second-order valence-corrected chi connectivity index (χ2v) is 45.0. The monoisotopic (exact) mass is 412 g/mol. The van der Waals surface area contributed by atoms with Gasteiger partial charge in [-0.25, -0.2) is 0 Å². The van der Waals surface area contributed by atoms with Crippen LogP contribution >= 0.6 is 35.8 Å². The second-order valence-electron chi connectivity index (χ2n) is 2.90. The maximum absolute atomic E-state index is 3.83. The van der Waals surface area contributed by atoms with E-state index in [-0.39, 0.29) is 0 Å². The van der Waals surface area contributed by atoms with Crippen molar-refractivity contribution in [3.8, 4) is 0 Å². The van der Waals surface area contributed by atoms with Crippen LogP contribution in [0.4, 0.5) is 0 Å². The topological polar surface area (TPSA) is 0 Å². The van der Waals surface area contributed by atoms with Crippen molar-refractivity contribution in [2.24, 2.45) is 0 Å². The van der Waals surface area contributed by atoms with Crippen molar-refractivity contribution < 1.29 is 0 Å². The summed E-state index contributed by atoms with van der Waals surface area (Å²) in [6.07, 6.45) is 8.03. The van der Waals surface area contributed by atoms with Crippen molar-refractivity contribution in [2.45, 2.75) is 0 Å². The predicted molar refractivity (Wildman–Crippen MR) is 96.4 cm³/mol. The van der Waals surface area contributed by atoms with Gasteiger partial charge in [0.05, 0.1) is 0 Å². The van der Waals surface area contributed by atoms with E-state index >= 15 is 0 Å². The van der Waals surface area contributed by atoms with Gasteiger partial charge in [0.15, 0.2) is 0 Å². The summed E-state index contributed by atoms with van der Waals surface area (Å²) in [7, 11) is 8.51. The average Bonchev–Trinajstić information content (AvgIpc) is 2.37. The first kappa shape index (κ1) is 18.2. The Morgan fingerprint density at radius 3 is 1.00 bits per heavy atom. The van der Waals surface area contributed by atoms with Gasteiger partial charge < -0.3 is 0 Å². The van der Waals surface area contributed by atoms with Crippen LogP contribution in [-0.2, 0) is 0 Å². The molecule has 0 atom stereocenters. The molecule has 0 amide bonds. The van der Waals surface area contributed by atoms with Crippen LogP contribution in [0.1, 0.15) is 0 Å². The summed E-state index contributed by atoms with van der Waals surface area (Å²) in [5.74, 6) is 4.20. The standard InChI is InChI=1S/4C3H6S.Sn/c4*1-2-3-4;/h4*2,4H,1,3H2;/q;;;;+4/p-4. The Bertz CT molecular complexity index is 199. The molecule has 0 unspecified atom stereocenters. The van der Waals surface area contributed by atoms with Crippen molar-refractivity contribution in [1.29, 1.82) is 0 Å². The Labute approximate surface area is 121 Å².